The average molecular weight is 444 g/mol. The Balaban J connectivity index is 2.20. The fourth-order valence-corrected chi connectivity index (χ4v) is 2.37. The molecule has 12 heteroatoms. The lowest BCUT2D eigenvalue weighted by atomic mass is 10.1. The predicted octanol–water partition coefficient (Wildman–Crippen LogP) is 4.01. The highest BCUT2D eigenvalue weighted by Gasteiger charge is 2.30. The van der Waals surface area contributed by atoms with E-state index in [0.717, 1.165) is 25.3 Å². The first-order valence-corrected chi connectivity index (χ1v) is 8.28. The van der Waals surface area contributed by atoms with Crippen molar-refractivity contribution in [2.24, 2.45) is 0 Å². The molecule has 2 aromatic rings. The average Bonchev–Trinajstić information content (AvgIpc) is 2.69. The second kappa shape index (κ2) is 9.75. The van der Waals surface area contributed by atoms with Crippen molar-refractivity contribution < 1.29 is 41.1 Å². The van der Waals surface area contributed by atoms with Gasteiger partial charge in [-0.3, -0.25) is 14.9 Å². The highest BCUT2D eigenvalue weighted by molar-refractivity contribution is 5.99. The van der Waals surface area contributed by atoms with Crippen LogP contribution in [0.15, 0.2) is 36.4 Å². The number of carbonyl (C=O) groups is 1. The molecule has 0 fully saturated rings. The molecule has 0 bridgehead atoms. The molecule has 0 saturated heterocycles. The summed E-state index contributed by atoms with van der Waals surface area (Å²) in [6.07, 6.45) is -4.54. The van der Waals surface area contributed by atoms with Gasteiger partial charge in [0, 0.05) is 11.6 Å². The Morgan fingerprint density at radius 2 is 1.94 bits per heavy atom. The Kier molecular flexibility index (Phi) is 7.36. The van der Waals surface area contributed by atoms with Crippen molar-refractivity contribution in [3.63, 3.8) is 0 Å². The number of nitro groups is 1. The highest BCUT2D eigenvalue weighted by atomic mass is 19.4. The monoisotopic (exact) mass is 444 g/mol. The minimum atomic E-state index is -4.54. The molecule has 0 aliphatic carbocycles. The number of methoxy groups -OCH3 is 1. The number of ether oxygens (including phenoxy) is 2. The van der Waals surface area contributed by atoms with E-state index in [1.807, 2.05) is 0 Å². The van der Waals surface area contributed by atoms with Crippen molar-refractivity contribution in [2.45, 2.75) is 12.8 Å². The van der Waals surface area contributed by atoms with Crippen LogP contribution < -0.4 is 14.8 Å². The number of nitrogens with one attached hydrogen (secondary N) is 1. The second-order valence-electron chi connectivity index (χ2n) is 5.72. The SMILES string of the molecule is COc1cc(C(=O)NCC#Cc2cccc(C(F)(F)F)c2)c([N+](=O)[O-])cc1OC(F)F. The minimum absolute atomic E-state index is 0.0465. The van der Waals surface area contributed by atoms with E-state index in [9.17, 15) is 36.9 Å². The Hall–Kier alpha value is -3.88. The van der Waals surface area contributed by atoms with Crippen LogP contribution in [0.1, 0.15) is 21.5 Å². The number of nitrogens with zero attached hydrogens (tertiary/aromatic N) is 1. The third-order valence-corrected chi connectivity index (χ3v) is 3.70. The summed E-state index contributed by atoms with van der Waals surface area (Å²) in [5.74, 6) is 2.89. The Morgan fingerprint density at radius 1 is 1.23 bits per heavy atom. The molecule has 0 saturated carbocycles. The van der Waals surface area contributed by atoms with E-state index in [4.69, 9.17) is 4.74 Å². The normalized spacial score (nSPS) is 10.8. The lowest BCUT2D eigenvalue weighted by Gasteiger charge is -2.11. The first kappa shape index (κ1) is 23.4. The first-order valence-electron chi connectivity index (χ1n) is 8.28. The van der Waals surface area contributed by atoms with Crippen LogP contribution in [0.3, 0.4) is 0 Å². The number of hydrogen-bond acceptors (Lipinski definition) is 5. The van der Waals surface area contributed by atoms with Crippen molar-refractivity contribution >= 4 is 11.6 Å². The number of hydrogen-bond donors (Lipinski definition) is 1. The van der Waals surface area contributed by atoms with Gasteiger partial charge in [0.25, 0.3) is 11.6 Å². The Bertz CT molecular complexity index is 1040. The molecule has 0 unspecified atom stereocenters. The van der Waals surface area contributed by atoms with E-state index in [-0.39, 0.29) is 17.9 Å². The smallest absolute Gasteiger partial charge is 0.416 e. The van der Waals surface area contributed by atoms with Gasteiger partial charge >= 0.3 is 12.8 Å². The summed E-state index contributed by atoms with van der Waals surface area (Å²) in [5, 5.41) is 13.5. The zero-order valence-corrected chi connectivity index (χ0v) is 15.6. The molecule has 164 valence electrons. The van der Waals surface area contributed by atoms with Gasteiger partial charge in [0.2, 0.25) is 0 Å². The van der Waals surface area contributed by atoms with Gasteiger partial charge in [0.15, 0.2) is 11.5 Å². The first-order chi connectivity index (χ1) is 14.5. The Morgan fingerprint density at radius 3 is 2.52 bits per heavy atom. The van der Waals surface area contributed by atoms with Crippen LogP contribution in [0.4, 0.5) is 27.6 Å². The minimum Gasteiger partial charge on any atom is -0.493 e. The van der Waals surface area contributed by atoms with Crippen molar-refractivity contribution in [1.29, 1.82) is 0 Å². The lowest BCUT2D eigenvalue weighted by molar-refractivity contribution is -0.385. The molecule has 1 amide bonds. The van der Waals surface area contributed by atoms with E-state index < -0.39 is 46.2 Å². The summed E-state index contributed by atoms with van der Waals surface area (Å²) >= 11 is 0. The van der Waals surface area contributed by atoms with Gasteiger partial charge in [-0.05, 0) is 18.2 Å². The largest absolute Gasteiger partial charge is 0.493 e. The van der Waals surface area contributed by atoms with E-state index in [1.54, 1.807) is 0 Å². The molecule has 2 rings (SSSR count). The number of rotatable bonds is 6. The quantitative estimate of drug-likeness (QED) is 0.315. The van der Waals surface area contributed by atoms with E-state index in [0.29, 0.717) is 6.07 Å². The Labute approximate surface area is 171 Å². The van der Waals surface area contributed by atoms with Crippen LogP contribution in [-0.4, -0.2) is 31.1 Å². The molecule has 0 aromatic heterocycles. The van der Waals surface area contributed by atoms with Crippen LogP contribution in [0, 0.1) is 22.0 Å². The van der Waals surface area contributed by atoms with E-state index in [2.05, 4.69) is 21.9 Å². The molecule has 0 heterocycles. The number of carbonyl (C=O) groups excluding carboxylic acids is 1. The second-order valence-corrected chi connectivity index (χ2v) is 5.72. The fourth-order valence-electron chi connectivity index (χ4n) is 2.37. The molecule has 2 aromatic carbocycles. The molecule has 0 atom stereocenters. The third kappa shape index (κ3) is 6.30. The van der Waals surface area contributed by atoms with Crippen molar-refractivity contribution in [3.8, 4) is 23.3 Å². The van der Waals surface area contributed by atoms with Crippen molar-refractivity contribution in [3.05, 3.63) is 63.2 Å². The van der Waals surface area contributed by atoms with Gasteiger partial charge in [0.1, 0.15) is 5.56 Å². The van der Waals surface area contributed by atoms with Crippen LogP contribution in [0.5, 0.6) is 11.5 Å². The molecule has 1 N–H and O–H groups in total. The number of nitro benzene ring substituents is 1. The zero-order valence-electron chi connectivity index (χ0n) is 15.6. The molecule has 0 radical (unpaired) electrons. The molecular formula is C19H13F5N2O5. The molecule has 0 spiro atoms. The molecule has 7 nitrogen and oxygen atoms in total. The maximum absolute atomic E-state index is 12.7. The van der Waals surface area contributed by atoms with Gasteiger partial charge in [0.05, 0.1) is 30.2 Å². The number of benzene rings is 2. The summed E-state index contributed by atoms with van der Waals surface area (Å²) < 4.78 is 72.0. The van der Waals surface area contributed by atoms with E-state index >= 15 is 0 Å². The van der Waals surface area contributed by atoms with Gasteiger partial charge < -0.3 is 14.8 Å². The van der Waals surface area contributed by atoms with Gasteiger partial charge in [-0.15, -0.1) is 0 Å². The van der Waals surface area contributed by atoms with Crippen molar-refractivity contribution in [2.75, 3.05) is 13.7 Å². The predicted molar refractivity (Wildman–Crippen MR) is 96.9 cm³/mol. The topological polar surface area (TPSA) is 90.7 Å². The van der Waals surface area contributed by atoms with E-state index in [1.165, 1.54) is 12.1 Å². The summed E-state index contributed by atoms with van der Waals surface area (Å²) in [4.78, 5) is 22.5. The maximum atomic E-state index is 12.7. The van der Waals surface area contributed by atoms with Crippen LogP contribution >= 0.6 is 0 Å². The summed E-state index contributed by atoms with van der Waals surface area (Å²) in [5.41, 5.74) is -2.17. The van der Waals surface area contributed by atoms with Gasteiger partial charge in [-0.2, -0.15) is 22.0 Å². The standard InChI is InChI=1S/C19H13F5N2O5/c1-30-15-9-13(14(26(28)29)10-16(15)31-18(20)21)17(27)25-7-3-5-11-4-2-6-12(8-11)19(22,23)24/h2,4,6,8-10,18H,7H2,1H3,(H,25,27). The van der Waals surface area contributed by atoms with Crippen LogP contribution in [0.25, 0.3) is 0 Å². The van der Waals surface area contributed by atoms with Gasteiger partial charge in [-0.25, -0.2) is 0 Å². The zero-order chi connectivity index (χ0) is 23.2. The molecular weight excluding hydrogens is 431 g/mol. The van der Waals surface area contributed by atoms with Crippen LogP contribution in [0.2, 0.25) is 0 Å². The number of halogens is 5. The fraction of sp³-hybridized carbons (Fsp3) is 0.211. The molecule has 0 aliphatic rings. The number of amides is 1. The molecule has 31 heavy (non-hydrogen) atoms. The summed E-state index contributed by atoms with van der Waals surface area (Å²) in [6.45, 7) is -3.64. The van der Waals surface area contributed by atoms with Crippen molar-refractivity contribution in [1.82, 2.24) is 5.32 Å². The highest BCUT2D eigenvalue weighted by Crippen LogP contribution is 2.35. The molecule has 0 aliphatic heterocycles. The third-order valence-electron chi connectivity index (χ3n) is 3.70. The summed E-state index contributed by atoms with van der Waals surface area (Å²) in [7, 11) is 1.09. The summed E-state index contributed by atoms with van der Waals surface area (Å²) in [6, 6.07) is 5.68. The number of alkyl halides is 5. The van der Waals surface area contributed by atoms with Crippen LogP contribution in [-0.2, 0) is 6.18 Å². The lowest BCUT2D eigenvalue weighted by Crippen LogP contribution is -2.24. The maximum Gasteiger partial charge on any atom is 0.416 e. The van der Waals surface area contributed by atoms with Gasteiger partial charge in [-0.1, -0.05) is 17.9 Å².